The lowest BCUT2D eigenvalue weighted by molar-refractivity contribution is -0.122. The molecule has 1 aromatic carbocycles. The molecule has 0 heterocycles. The van der Waals surface area contributed by atoms with Crippen LogP contribution in [0.2, 0.25) is 0 Å². The van der Waals surface area contributed by atoms with E-state index in [1.54, 1.807) is 0 Å². The zero-order valence-electron chi connectivity index (χ0n) is 9.64. The van der Waals surface area contributed by atoms with Crippen molar-refractivity contribution in [3.63, 3.8) is 0 Å². The predicted molar refractivity (Wildman–Crippen MR) is 68.5 cm³/mol. The lowest BCUT2D eigenvalue weighted by Crippen LogP contribution is -2.36. The van der Waals surface area contributed by atoms with Gasteiger partial charge in [0.1, 0.15) is 6.04 Å². The highest BCUT2D eigenvalue weighted by molar-refractivity contribution is 5.85. The normalized spacial score (nSPS) is 11.8. The molecule has 1 aromatic rings. The highest BCUT2D eigenvalue weighted by atomic mass is 35.5. The van der Waals surface area contributed by atoms with E-state index in [0.29, 0.717) is 12.5 Å². The number of carbonyl (C=O) groups excluding carboxylic acids is 1. The van der Waals surface area contributed by atoms with Crippen LogP contribution in [-0.2, 0) is 4.79 Å². The minimum Gasteiger partial charge on any atom is -0.354 e. The van der Waals surface area contributed by atoms with E-state index in [4.69, 9.17) is 5.73 Å². The van der Waals surface area contributed by atoms with Crippen molar-refractivity contribution in [1.29, 1.82) is 0 Å². The molecule has 0 saturated carbocycles. The molecular formula is C12H19ClN2O. The molecule has 0 aliphatic rings. The highest BCUT2D eigenvalue weighted by Gasteiger charge is 2.14. The molecule has 16 heavy (non-hydrogen) atoms. The number of rotatable bonds is 4. The smallest absolute Gasteiger partial charge is 0.241 e. The van der Waals surface area contributed by atoms with Crippen molar-refractivity contribution < 1.29 is 4.79 Å². The van der Waals surface area contributed by atoms with Gasteiger partial charge in [-0.3, -0.25) is 4.79 Å². The van der Waals surface area contributed by atoms with E-state index in [9.17, 15) is 4.79 Å². The summed E-state index contributed by atoms with van der Waals surface area (Å²) in [5.41, 5.74) is 6.66. The Bertz CT molecular complexity index is 314. The Morgan fingerprint density at radius 1 is 1.31 bits per heavy atom. The van der Waals surface area contributed by atoms with Gasteiger partial charge in [-0.05, 0) is 11.5 Å². The summed E-state index contributed by atoms with van der Waals surface area (Å²) < 4.78 is 0. The fraction of sp³-hybridized carbons (Fsp3) is 0.417. The van der Waals surface area contributed by atoms with E-state index < -0.39 is 6.04 Å². The van der Waals surface area contributed by atoms with Crippen LogP contribution in [0.3, 0.4) is 0 Å². The van der Waals surface area contributed by atoms with Crippen LogP contribution in [0.1, 0.15) is 25.5 Å². The largest absolute Gasteiger partial charge is 0.354 e. The van der Waals surface area contributed by atoms with Crippen LogP contribution in [0.25, 0.3) is 0 Å². The summed E-state index contributed by atoms with van der Waals surface area (Å²) in [7, 11) is 0. The summed E-state index contributed by atoms with van der Waals surface area (Å²) >= 11 is 0. The Morgan fingerprint density at radius 2 is 1.88 bits per heavy atom. The number of hydrogen-bond donors (Lipinski definition) is 2. The number of carbonyl (C=O) groups is 1. The molecule has 0 radical (unpaired) electrons. The van der Waals surface area contributed by atoms with Crippen LogP contribution in [0.15, 0.2) is 30.3 Å². The highest BCUT2D eigenvalue weighted by Crippen LogP contribution is 2.09. The third-order valence-corrected chi connectivity index (χ3v) is 2.13. The number of nitrogens with two attached hydrogens (primary N) is 1. The van der Waals surface area contributed by atoms with Gasteiger partial charge in [0.2, 0.25) is 5.91 Å². The van der Waals surface area contributed by atoms with Crippen LogP contribution in [0, 0.1) is 5.92 Å². The van der Waals surface area contributed by atoms with Gasteiger partial charge in [0.25, 0.3) is 0 Å². The fourth-order valence-corrected chi connectivity index (χ4v) is 1.23. The Morgan fingerprint density at radius 3 is 2.38 bits per heavy atom. The van der Waals surface area contributed by atoms with E-state index in [1.807, 2.05) is 44.2 Å². The predicted octanol–water partition coefficient (Wildman–Crippen LogP) is 1.88. The second-order valence-corrected chi connectivity index (χ2v) is 4.03. The number of amides is 1. The van der Waals surface area contributed by atoms with Gasteiger partial charge >= 0.3 is 0 Å². The molecule has 90 valence electrons. The molecule has 0 aromatic heterocycles. The van der Waals surface area contributed by atoms with E-state index in [-0.39, 0.29) is 18.3 Å². The van der Waals surface area contributed by atoms with E-state index in [1.165, 1.54) is 0 Å². The van der Waals surface area contributed by atoms with Gasteiger partial charge in [0.15, 0.2) is 0 Å². The summed E-state index contributed by atoms with van der Waals surface area (Å²) in [5.74, 6) is 0.326. The zero-order valence-corrected chi connectivity index (χ0v) is 10.5. The maximum Gasteiger partial charge on any atom is 0.241 e. The van der Waals surface area contributed by atoms with Crippen LogP contribution in [-0.4, -0.2) is 12.5 Å². The van der Waals surface area contributed by atoms with Gasteiger partial charge in [-0.15, -0.1) is 12.4 Å². The molecule has 0 aliphatic carbocycles. The minimum absolute atomic E-state index is 0. The lowest BCUT2D eigenvalue weighted by atomic mass is 10.1. The molecule has 4 heteroatoms. The van der Waals surface area contributed by atoms with Crippen molar-refractivity contribution in [2.24, 2.45) is 11.7 Å². The zero-order chi connectivity index (χ0) is 11.3. The molecule has 1 atom stereocenters. The third kappa shape index (κ3) is 4.64. The van der Waals surface area contributed by atoms with Crippen molar-refractivity contribution in [2.75, 3.05) is 6.54 Å². The number of halogens is 1. The van der Waals surface area contributed by atoms with Gasteiger partial charge in [0.05, 0.1) is 0 Å². The molecule has 0 spiro atoms. The minimum atomic E-state index is -0.565. The average Bonchev–Trinajstić information content (AvgIpc) is 2.26. The third-order valence-electron chi connectivity index (χ3n) is 2.13. The van der Waals surface area contributed by atoms with Gasteiger partial charge in [0, 0.05) is 6.54 Å². The Hall–Kier alpha value is -1.06. The van der Waals surface area contributed by atoms with Crippen LogP contribution >= 0.6 is 12.4 Å². The molecule has 1 unspecified atom stereocenters. The first-order valence-corrected chi connectivity index (χ1v) is 5.19. The summed E-state index contributed by atoms with van der Waals surface area (Å²) in [6.45, 7) is 4.77. The number of benzene rings is 1. The Balaban J connectivity index is 0.00000225. The van der Waals surface area contributed by atoms with E-state index in [0.717, 1.165) is 5.56 Å². The topological polar surface area (TPSA) is 55.1 Å². The molecule has 1 amide bonds. The van der Waals surface area contributed by atoms with Crippen LogP contribution < -0.4 is 11.1 Å². The van der Waals surface area contributed by atoms with E-state index >= 15 is 0 Å². The molecule has 0 bridgehead atoms. The maximum atomic E-state index is 11.6. The standard InChI is InChI=1S/C12H18N2O.ClH/c1-9(2)8-14-12(15)11(13)10-6-4-3-5-7-10;/h3-7,9,11H,8,13H2,1-2H3,(H,14,15);1H. The molecule has 3 N–H and O–H groups in total. The summed E-state index contributed by atoms with van der Waals surface area (Å²) in [4.78, 5) is 11.6. The summed E-state index contributed by atoms with van der Waals surface area (Å²) in [6, 6.07) is 8.82. The molecule has 0 fully saturated rings. The number of nitrogens with one attached hydrogen (secondary N) is 1. The maximum absolute atomic E-state index is 11.6. The first kappa shape index (κ1) is 14.9. The van der Waals surface area contributed by atoms with Gasteiger partial charge < -0.3 is 11.1 Å². The van der Waals surface area contributed by atoms with Gasteiger partial charge in [-0.2, -0.15) is 0 Å². The first-order valence-electron chi connectivity index (χ1n) is 5.19. The first-order chi connectivity index (χ1) is 7.11. The quantitative estimate of drug-likeness (QED) is 0.847. The fourth-order valence-electron chi connectivity index (χ4n) is 1.23. The number of hydrogen-bond acceptors (Lipinski definition) is 2. The summed E-state index contributed by atoms with van der Waals surface area (Å²) in [6.07, 6.45) is 0. The van der Waals surface area contributed by atoms with E-state index in [2.05, 4.69) is 5.32 Å². The summed E-state index contributed by atoms with van der Waals surface area (Å²) in [5, 5.41) is 2.82. The van der Waals surface area contributed by atoms with Gasteiger partial charge in [-0.1, -0.05) is 44.2 Å². The van der Waals surface area contributed by atoms with Crippen LogP contribution in [0.5, 0.6) is 0 Å². The van der Waals surface area contributed by atoms with Crippen molar-refractivity contribution >= 4 is 18.3 Å². The SMILES string of the molecule is CC(C)CNC(=O)C(N)c1ccccc1.Cl. The van der Waals surface area contributed by atoms with Crippen molar-refractivity contribution in [1.82, 2.24) is 5.32 Å². The second kappa shape index (κ2) is 7.25. The molecular weight excluding hydrogens is 224 g/mol. The monoisotopic (exact) mass is 242 g/mol. The second-order valence-electron chi connectivity index (χ2n) is 4.03. The molecule has 1 rings (SSSR count). The molecule has 3 nitrogen and oxygen atoms in total. The van der Waals surface area contributed by atoms with Crippen LogP contribution in [0.4, 0.5) is 0 Å². The average molecular weight is 243 g/mol. The molecule has 0 aliphatic heterocycles. The van der Waals surface area contributed by atoms with Crippen molar-refractivity contribution in [2.45, 2.75) is 19.9 Å². The lowest BCUT2D eigenvalue weighted by Gasteiger charge is -2.13. The van der Waals surface area contributed by atoms with Gasteiger partial charge in [-0.25, -0.2) is 0 Å². The Labute approximate surface area is 103 Å². The van der Waals surface area contributed by atoms with Crippen molar-refractivity contribution in [3.8, 4) is 0 Å². The Kier molecular flexibility index (Phi) is 6.77. The van der Waals surface area contributed by atoms with Crippen molar-refractivity contribution in [3.05, 3.63) is 35.9 Å². The molecule has 0 saturated heterocycles.